The van der Waals surface area contributed by atoms with Gasteiger partial charge in [-0.1, -0.05) is 6.07 Å². The van der Waals surface area contributed by atoms with Gasteiger partial charge in [0.1, 0.15) is 0 Å². The first kappa shape index (κ1) is 19.1. The van der Waals surface area contributed by atoms with Crippen molar-refractivity contribution in [2.24, 2.45) is 21.9 Å². The van der Waals surface area contributed by atoms with Crippen LogP contribution in [0.2, 0.25) is 0 Å². The van der Waals surface area contributed by atoms with E-state index >= 15 is 0 Å². The molecule has 0 atom stereocenters. The Morgan fingerprint density at radius 3 is 1.91 bits per heavy atom. The molecule has 0 amide bonds. The molecule has 1 rings (SSSR count). The zero-order chi connectivity index (χ0) is 17.8. The van der Waals surface area contributed by atoms with E-state index in [2.05, 4.69) is 10.2 Å². The Morgan fingerprint density at radius 1 is 0.957 bits per heavy atom. The fourth-order valence-corrected chi connectivity index (χ4v) is 4.98. The van der Waals surface area contributed by atoms with E-state index in [4.69, 9.17) is 11.7 Å². The second kappa shape index (κ2) is 7.09. The number of aryl methyl sites for hydroxylation is 1. The van der Waals surface area contributed by atoms with Crippen molar-refractivity contribution in [2.75, 3.05) is 11.5 Å². The maximum absolute atomic E-state index is 12.4. The molecule has 0 aliphatic heterocycles. The third kappa shape index (κ3) is 4.76. The zero-order valence-electron chi connectivity index (χ0n) is 13.1. The average molecular weight is 360 g/mol. The van der Waals surface area contributed by atoms with E-state index in [1.54, 1.807) is 6.92 Å². The van der Waals surface area contributed by atoms with E-state index in [-0.39, 0.29) is 32.7 Å². The zero-order valence-corrected chi connectivity index (χ0v) is 14.8. The van der Waals surface area contributed by atoms with Crippen molar-refractivity contribution in [3.05, 3.63) is 23.8 Å². The molecule has 8 nitrogen and oxygen atoms in total. The van der Waals surface area contributed by atoms with Gasteiger partial charge < -0.3 is 11.7 Å². The lowest BCUT2D eigenvalue weighted by Crippen LogP contribution is -2.18. The highest BCUT2D eigenvalue weighted by molar-refractivity contribution is 7.93. The van der Waals surface area contributed by atoms with Gasteiger partial charge >= 0.3 is 0 Å². The lowest BCUT2D eigenvalue weighted by Gasteiger charge is -2.10. The van der Waals surface area contributed by atoms with Gasteiger partial charge in [0.15, 0.2) is 19.7 Å². The van der Waals surface area contributed by atoms with Crippen molar-refractivity contribution < 1.29 is 16.8 Å². The molecule has 23 heavy (non-hydrogen) atoms. The normalized spacial score (nSPS) is 14.0. The molecule has 0 heterocycles. The maximum Gasteiger partial charge on any atom is 0.184 e. The number of rotatable bonds is 6. The summed E-state index contributed by atoms with van der Waals surface area (Å²) >= 11 is 0. The van der Waals surface area contributed by atoms with Crippen LogP contribution in [0.15, 0.2) is 38.2 Å². The molecule has 0 fully saturated rings. The van der Waals surface area contributed by atoms with Crippen LogP contribution < -0.4 is 11.7 Å². The van der Waals surface area contributed by atoms with Gasteiger partial charge in [0.05, 0.1) is 21.3 Å². The fourth-order valence-electron chi connectivity index (χ4n) is 1.89. The Kier molecular flexibility index (Phi) is 5.89. The molecule has 0 aliphatic carbocycles. The summed E-state index contributed by atoms with van der Waals surface area (Å²) in [4.78, 5) is -0.170. The summed E-state index contributed by atoms with van der Waals surface area (Å²) in [6.07, 6.45) is 0. The van der Waals surface area contributed by atoms with Gasteiger partial charge in [-0.25, -0.2) is 16.8 Å². The standard InChI is InChI=1S/C13H20N4O4S2/c1-9-4-5-12(22(18,19)7-10(2)16-14)6-13(9)23(20,21)8-11(3)17-15/h4-6H,7-8,14-15H2,1-3H3/b16-10+,17-11+. The van der Waals surface area contributed by atoms with Gasteiger partial charge in [-0.15, -0.1) is 0 Å². The predicted octanol–water partition coefficient (Wildman–Crippen LogP) is 0.212. The average Bonchev–Trinajstić information content (AvgIpc) is 2.46. The summed E-state index contributed by atoms with van der Waals surface area (Å²) in [5, 5.41) is 6.67. The molecular formula is C13H20N4O4S2. The second-order valence-electron chi connectivity index (χ2n) is 5.17. The Bertz CT molecular complexity index is 856. The molecule has 10 heteroatoms. The molecule has 0 saturated carbocycles. The Hall–Kier alpha value is -1.94. The minimum Gasteiger partial charge on any atom is -0.323 e. The van der Waals surface area contributed by atoms with Crippen LogP contribution in [0.25, 0.3) is 0 Å². The van der Waals surface area contributed by atoms with Crippen LogP contribution >= 0.6 is 0 Å². The lowest BCUT2D eigenvalue weighted by molar-refractivity contribution is 0.597. The van der Waals surface area contributed by atoms with Crippen molar-refractivity contribution in [3.63, 3.8) is 0 Å². The maximum atomic E-state index is 12.4. The number of hydrazone groups is 2. The van der Waals surface area contributed by atoms with Crippen LogP contribution in [0.1, 0.15) is 19.4 Å². The van der Waals surface area contributed by atoms with E-state index in [1.807, 2.05) is 0 Å². The molecule has 0 unspecified atom stereocenters. The number of nitrogens with two attached hydrogens (primary N) is 2. The minimum absolute atomic E-state index is 0.0658. The molecule has 1 aromatic rings. The molecule has 0 spiro atoms. The Morgan fingerprint density at radius 2 is 1.43 bits per heavy atom. The number of nitrogens with zero attached hydrogens (tertiary/aromatic N) is 2. The minimum atomic E-state index is -3.75. The van der Waals surface area contributed by atoms with E-state index in [9.17, 15) is 16.8 Å². The molecule has 0 aliphatic rings. The van der Waals surface area contributed by atoms with Crippen LogP contribution in [0, 0.1) is 6.92 Å². The van der Waals surface area contributed by atoms with Crippen molar-refractivity contribution >= 4 is 31.1 Å². The molecule has 0 radical (unpaired) electrons. The van der Waals surface area contributed by atoms with Crippen molar-refractivity contribution in [2.45, 2.75) is 30.6 Å². The summed E-state index contributed by atoms with van der Waals surface area (Å²) in [5.41, 5.74) is 0.892. The topological polar surface area (TPSA) is 145 Å². The first-order chi connectivity index (χ1) is 10.5. The smallest absolute Gasteiger partial charge is 0.184 e. The van der Waals surface area contributed by atoms with Crippen LogP contribution in [0.4, 0.5) is 0 Å². The second-order valence-corrected chi connectivity index (χ2v) is 9.12. The third-order valence-electron chi connectivity index (χ3n) is 3.09. The molecule has 0 bridgehead atoms. The highest BCUT2D eigenvalue weighted by Gasteiger charge is 2.23. The predicted molar refractivity (Wildman–Crippen MR) is 89.9 cm³/mol. The van der Waals surface area contributed by atoms with Gasteiger partial charge in [-0.3, -0.25) is 0 Å². The van der Waals surface area contributed by atoms with Gasteiger partial charge in [0, 0.05) is 11.4 Å². The molecule has 128 valence electrons. The van der Waals surface area contributed by atoms with Gasteiger partial charge in [-0.2, -0.15) is 10.2 Å². The molecule has 0 saturated heterocycles. The van der Waals surface area contributed by atoms with Gasteiger partial charge in [0.25, 0.3) is 0 Å². The van der Waals surface area contributed by atoms with Crippen molar-refractivity contribution in [1.29, 1.82) is 0 Å². The van der Waals surface area contributed by atoms with E-state index in [1.165, 1.54) is 26.0 Å². The first-order valence-electron chi connectivity index (χ1n) is 6.56. The number of benzene rings is 1. The first-order valence-corrected chi connectivity index (χ1v) is 9.87. The summed E-state index contributed by atoms with van der Waals surface area (Å²) in [5.74, 6) is 9.36. The number of hydrogen-bond acceptors (Lipinski definition) is 8. The summed E-state index contributed by atoms with van der Waals surface area (Å²) in [6.45, 7) is 4.55. The summed E-state index contributed by atoms with van der Waals surface area (Å²) in [7, 11) is -7.48. The number of sulfone groups is 2. The monoisotopic (exact) mass is 360 g/mol. The van der Waals surface area contributed by atoms with Gasteiger partial charge in [0.2, 0.25) is 0 Å². The fraction of sp³-hybridized carbons (Fsp3) is 0.385. The highest BCUT2D eigenvalue weighted by Crippen LogP contribution is 2.22. The Labute approximate surface area is 136 Å². The van der Waals surface area contributed by atoms with Crippen LogP contribution in [-0.4, -0.2) is 39.8 Å². The van der Waals surface area contributed by atoms with E-state index in [0.717, 1.165) is 6.07 Å². The van der Waals surface area contributed by atoms with Crippen molar-refractivity contribution in [1.82, 2.24) is 0 Å². The highest BCUT2D eigenvalue weighted by atomic mass is 32.2. The lowest BCUT2D eigenvalue weighted by atomic mass is 10.2. The molecule has 0 aromatic heterocycles. The number of hydrogen-bond donors (Lipinski definition) is 2. The van der Waals surface area contributed by atoms with Crippen LogP contribution in [-0.2, 0) is 19.7 Å². The van der Waals surface area contributed by atoms with E-state index < -0.39 is 19.7 Å². The SMILES string of the molecule is C/C(CS(=O)(=O)c1ccc(C)c(S(=O)(=O)C/C(C)=N/N)c1)=N\N. The third-order valence-corrected chi connectivity index (χ3v) is 6.77. The molecule has 1 aromatic carbocycles. The van der Waals surface area contributed by atoms with Crippen LogP contribution in [0.3, 0.4) is 0 Å². The van der Waals surface area contributed by atoms with Crippen molar-refractivity contribution in [3.8, 4) is 0 Å². The van der Waals surface area contributed by atoms with E-state index in [0.29, 0.717) is 5.56 Å². The Balaban J connectivity index is 3.40. The largest absolute Gasteiger partial charge is 0.323 e. The quantitative estimate of drug-likeness (QED) is 0.421. The summed E-state index contributed by atoms with van der Waals surface area (Å²) in [6, 6.07) is 3.95. The molecule has 4 N–H and O–H groups in total. The van der Waals surface area contributed by atoms with Gasteiger partial charge in [-0.05, 0) is 38.5 Å². The molecular weight excluding hydrogens is 340 g/mol. The van der Waals surface area contributed by atoms with Crippen LogP contribution in [0.5, 0.6) is 0 Å². The summed E-state index contributed by atoms with van der Waals surface area (Å²) < 4.78 is 49.4.